The summed E-state index contributed by atoms with van der Waals surface area (Å²) in [4.78, 5) is 32.1. The molecule has 4 rings (SSSR count). The van der Waals surface area contributed by atoms with Crippen molar-refractivity contribution in [3.63, 3.8) is 0 Å². The molecule has 2 aliphatic heterocycles. The van der Waals surface area contributed by atoms with Crippen molar-refractivity contribution in [3.05, 3.63) is 70.5 Å². The van der Waals surface area contributed by atoms with Crippen LogP contribution < -0.4 is 0 Å². The first kappa shape index (κ1) is 17.0. The molecule has 2 aromatic carbocycles. The number of hydrogen-bond donors (Lipinski definition) is 0. The van der Waals surface area contributed by atoms with Crippen LogP contribution in [0.1, 0.15) is 22.3 Å². The molecule has 2 saturated heterocycles. The summed E-state index contributed by atoms with van der Waals surface area (Å²) in [6.45, 7) is 0.913. The summed E-state index contributed by atoms with van der Waals surface area (Å²) in [5.41, 5.74) is 0.394. The SMILES string of the molecule is O=C(c1cc(F)ccc1Cl)N1CC2(CC(=O)N(Cc3ccccc3)O2)C1. The molecule has 0 saturated carbocycles. The van der Waals surface area contributed by atoms with Gasteiger partial charge in [-0.05, 0) is 23.8 Å². The van der Waals surface area contributed by atoms with Crippen molar-refractivity contribution in [2.24, 2.45) is 0 Å². The number of carbonyl (C=O) groups is 2. The Morgan fingerprint density at radius 1 is 1.19 bits per heavy atom. The summed E-state index contributed by atoms with van der Waals surface area (Å²) < 4.78 is 13.4. The van der Waals surface area contributed by atoms with Gasteiger partial charge in [-0.3, -0.25) is 14.4 Å². The third-order valence-corrected chi connectivity index (χ3v) is 4.96. The number of benzene rings is 2. The lowest BCUT2D eigenvalue weighted by Crippen LogP contribution is -2.63. The standard InChI is InChI=1S/C19H16ClFN2O3/c20-16-7-6-14(21)8-15(16)18(25)22-11-19(12-22)9-17(24)23(26-19)10-13-4-2-1-3-5-13/h1-8H,9-12H2. The zero-order valence-corrected chi connectivity index (χ0v) is 14.6. The van der Waals surface area contributed by atoms with E-state index in [9.17, 15) is 14.0 Å². The molecule has 1 spiro atoms. The van der Waals surface area contributed by atoms with E-state index in [2.05, 4.69) is 0 Å². The first-order valence-corrected chi connectivity index (χ1v) is 8.61. The quantitative estimate of drug-likeness (QED) is 0.829. The van der Waals surface area contributed by atoms with Crippen LogP contribution in [-0.2, 0) is 16.2 Å². The maximum atomic E-state index is 13.4. The molecule has 5 nitrogen and oxygen atoms in total. The number of amides is 2. The highest BCUT2D eigenvalue weighted by atomic mass is 35.5. The van der Waals surface area contributed by atoms with E-state index in [1.165, 1.54) is 22.1 Å². The Morgan fingerprint density at radius 2 is 1.92 bits per heavy atom. The number of nitrogens with zero attached hydrogens (tertiary/aromatic N) is 2. The normalized spacial score (nSPS) is 18.3. The smallest absolute Gasteiger partial charge is 0.255 e. The summed E-state index contributed by atoms with van der Waals surface area (Å²) in [6, 6.07) is 13.2. The van der Waals surface area contributed by atoms with Crippen molar-refractivity contribution in [2.45, 2.75) is 18.6 Å². The fourth-order valence-corrected chi connectivity index (χ4v) is 3.54. The minimum absolute atomic E-state index is 0.107. The molecule has 0 unspecified atom stereocenters. The van der Waals surface area contributed by atoms with Crippen LogP contribution in [-0.4, -0.2) is 40.5 Å². The molecule has 26 heavy (non-hydrogen) atoms. The van der Waals surface area contributed by atoms with Crippen LogP contribution >= 0.6 is 11.6 Å². The van der Waals surface area contributed by atoms with Gasteiger partial charge in [-0.15, -0.1) is 0 Å². The van der Waals surface area contributed by atoms with Gasteiger partial charge in [0.25, 0.3) is 5.91 Å². The molecule has 0 aromatic heterocycles. The Kier molecular flexibility index (Phi) is 4.17. The predicted octanol–water partition coefficient (Wildman–Crippen LogP) is 3.04. The van der Waals surface area contributed by atoms with Gasteiger partial charge >= 0.3 is 0 Å². The van der Waals surface area contributed by atoms with Gasteiger partial charge in [0, 0.05) is 0 Å². The topological polar surface area (TPSA) is 49.9 Å². The molecule has 7 heteroatoms. The van der Waals surface area contributed by atoms with E-state index >= 15 is 0 Å². The van der Waals surface area contributed by atoms with Crippen LogP contribution in [0.15, 0.2) is 48.5 Å². The number of rotatable bonds is 3. The maximum Gasteiger partial charge on any atom is 0.255 e. The molecule has 2 amide bonds. The van der Waals surface area contributed by atoms with E-state index in [0.29, 0.717) is 6.54 Å². The third-order valence-electron chi connectivity index (χ3n) is 4.63. The minimum Gasteiger partial charge on any atom is -0.332 e. The lowest BCUT2D eigenvalue weighted by molar-refractivity contribution is -0.233. The number of likely N-dealkylation sites (tertiary alicyclic amines) is 1. The van der Waals surface area contributed by atoms with Gasteiger partial charge in [0.15, 0.2) is 0 Å². The van der Waals surface area contributed by atoms with Crippen LogP contribution in [0.3, 0.4) is 0 Å². The molecule has 0 bridgehead atoms. The van der Waals surface area contributed by atoms with Crippen LogP contribution in [0.5, 0.6) is 0 Å². The summed E-state index contributed by atoms with van der Waals surface area (Å²) >= 11 is 6.00. The van der Waals surface area contributed by atoms with Crippen molar-refractivity contribution < 1.29 is 18.8 Å². The second-order valence-corrected chi connectivity index (χ2v) is 7.06. The zero-order valence-electron chi connectivity index (χ0n) is 13.8. The summed E-state index contributed by atoms with van der Waals surface area (Å²) in [5.74, 6) is -0.989. The van der Waals surface area contributed by atoms with E-state index in [1.54, 1.807) is 0 Å². The van der Waals surface area contributed by atoms with Crippen molar-refractivity contribution in [1.82, 2.24) is 9.96 Å². The van der Waals surface area contributed by atoms with Gasteiger partial charge in [0.2, 0.25) is 5.91 Å². The molecular weight excluding hydrogens is 359 g/mol. The fourth-order valence-electron chi connectivity index (χ4n) is 3.34. The van der Waals surface area contributed by atoms with Crippen LogP contribution in [0.4, 0.5) is 4.39 Å². The van der Waals surface area contributed by atoms with Crippen LogP contribution in [0.25, 0.3) is 0 Å². The second kappa shape index (κ2) is 6.37. The highest BCUT2D eigenvalue weighted by Crippen LogP contribution is 2.37. The molecule has 134 valence electrons. The van der Waals surface area contributed by atoms with E-state index in [1.807, 2.05) is 30.3 Å². The van der Waals surface area contributed by atoms with Gasteiger partial charge < -0.3 is 4.90 Å². The van der Waals surface area contributed by atoms with E-state index in [4.69, 9.17) is 16.4 Å². The first-order valence-electron chi connectivity index (χ1n) is 8.24. The number of hydroxylamine groups is 2. The van der Waals surface area contributed by atoms with Crippen molar-refractivity contribution >= 4 is 23.4 Å². The van der Waals surface area contributed by atoms with Crippen molar-refractivity contribution in [1.29, 1.82) is 0 Å². The Balaban J connectivity index is 1.41. The first-order chi connectivity index (χ1) is 12.5. The van der Waals surface area contributed by atoms with E-state index in [0.717, 1.165) is 11.6 Å². The minimum atomic E-state index is -0.693. The van der Waals surface area contributed by atoms with Crippen LogP contribution in [0.2, 0.25) is 5.02 Å². The van der Waals surface area contributed by atoms with E-state index in [-0.39, 0.29) is 41.9 Å². The highest BCUT2D eigenvalue weighted by molar-refractivity contribution is 6.33. The molecule has 2 aromatic rings. The summed E-state index contributed by atoms with van der Waals surface area (Å²) in [5, 5.41) is 1.55. The Morgan fingerprint density at radius 3 is 2.65 bits per heavy atom. The lowest BCUT2D eigenvalue weighted by Gasteiger charge is -2.45. The molecule has 2 fully saturated rings. The Hall–Kier alpha value is -2.44. The lowest BCUT2D eigenvalue weighted by atomic mass is 9.90. The van der Waals surface area contributed by atoms with E-state index < -0.39 is 11.4 Å². The number of hydrogen-bond acceptors (Lipinski definition) is 3. The average Bonchev–Trinajstić information content (AvgIpc) is 2.93. The number of carbonyl (C=O) groups excluding carboxylic acids is 2. The number of halogens is 2. The Labute approximate surface area is 154 Å². The largest absolute Gasteiger partial charge is 0.332 e. The molecular formula is C19H16ClFN2O3. The molecule has 0 aliphatic carbocycles. The summed E-state index contributed by atoms with van der Waals surface area (Å²) in [7, 11) is 0. The van der Waals surface area contributed by atoms with Crippen molar-refractivity contribution in [3.8, 4) is 0 Å². The molecule has 2 heterocycles. The maximum absolute atomic E-state index is 13.4. The van der Waals surface area contributed by atoms with Gasteiger partial charge in [0.1, 0.15) is 11.4 Å². The summed E-state index contributed by atoms with van der Waals surface area (Å²) in [6.07, 6.45) is 0.223. The molecule has 0 N–H and O–H groups in total. The van der Waals surface area contributed by atoms with Gasteiger partial charge in [-0.25, -0.2) is 9.45 Å². The van der Waals surface area contributed by atoms with Gasteiger partial charge in [0.05, 0.1) is 36.6 Å². The predicted molar refractivity (Wildman–Crippen MR) is 92.7 cm³/mol. The fraction of sp³-hybridized carbons (Fsp3) is 0.263. The van der Waals surface area contributed by atoms with Gasteiger partial charge in [-0.1, -0.05) is 41.9 Å². The molecule has 0 atom stereocenters. The monoisotopic (exact) mass is 374 g/mol. The highest BCUT2D eigenvalue weighted by Gasteiger charge is 2.55. The zero-order chi connectivity index (χ0) is 18.3. The van der Waals surface area contributed by atoms with Crippen molar-refractivity contribution in [2.75, 3.05) is 13.1 Å². The van der Waals surface area contributed by atoms with Crippen LogP contribution in [0, 0.1) is 5.82 Å². The average molecular weight is 375 g/mol. The Bertz CT molecular complexity index is 868. The molecule has 0 radical (unpaired) electrons. The molecule has 2 aliphatic rings. The third kappa shape index (κ3) is 3.06. The van der Waals surface area contributed by atoms with Gasteiger partial charge in [-0.2, -0.15) is 0 Å². The second-order valence-electron chi connectivity index (χ2n) is 6.65.